The standard InChI is InChI=1S/C15H26N2O2S2/c1-11(2)5-4-8-17-21(18,19)15-9-12(3)14(20-15)10-16-13-6-7-13/h9,11,13,16-17H,4-8,10H2,1-3H3. The van der Waals surface area contributed by atoms with Crippen LogP contribution in [0, 0.1) is 12.8 Å². The molecule has 120 valence electrons. The Balaban J connectivity index is 1.90. The van der Waals surface area contributed by atoms with Gasteiger partial charge in [-0.15, -0.1) is 11.3 Å². The van der Waals surface area contributed by atoms with Crippen molar-refractivity contribution in [3.63, 3.8) is 0 Å². The Morgan fingerprint density at radius 1 is 1.38 bits per heavy atom. The number of hydrogen-bond donors (Lipinski definition) is 2. The molecule has 0 spiro atoms. The highest BCUT2D eigenvalue weighted by atomic mass is 32.2. The van der Waals surface area contributed by atoms with Crippen LogP contribution in [0.1, 0.15) is 50.0 Å². The van der Waals surface area contributed by atoms with Crippen LogP contribution in [0.25, 0.3) is 0 Å². The molecule has 4 nitrogen and oxygen atoms in total. The number of rotatable bonds is 9. The Kier molecular flexibility index (Phi) is 5.82. The van der Waals surface area contributed by atoms with Gasteiger partial charge in [-0.05, 0) is 50.2 Å². The van der Waals surface area contributed by atoms with Crippen LogP contribution in [0.5, 0.6) is 0 Å². The van der Waals surface area contributed by atoms with Gasteiger partial charge in [0.15, 0.2) is 0 Å². The summed E-state index contributed by atoms with van der Waals surface area (Å²) >= 11 is 1.39. The van der Waals surface area contributed by atoms with Crippen molar-refractivity contribution in [1.82, 2.24) is 10.0 Å². The lowest BCUT2D eigenvalue weighted by Gasteiger charge is -2.06. The van der Waals surface area contributed by atoms with Crippen molar-refractivity contribution in [2.24, 2.45) is 5.92 Å². The number of hydrogen-bond acceptors (Lipinski definition) is 4. The van der Waals surface area contributed by atoms with Gasteiger partial charge < -0.3 is 5.32 Å². The molecule has 0 aromatic carbocycles. The van der Waals surface area contributed by atoms with Crippen molar-refractivity contribution in [3.05, 3.63) is 16.5 Å². The van der Waals surface area contributed by atoms with Crippen molar-refractivity contribution >= 4 is 21.4 Å². The zero-order valence-electron chi connectivity index (χ0n) is 13.1. The first-order chi connectivity index (χ1) is 9.88. The van der Waals surface area contributed by atoms with E-state index in [0.717, 1.165) is 29.8 Å². The van der Waals surface area contributed by atoms with E-state index in [1.165, 1.54) is 24.2 Å². The van der Waals surface area contributed by atoms with Crippen molar-refractivity contribution in [2.75, 3.05) is 6.54 Å². The molecule has 1 saturated carbocycles. The van der Waals surface area contributed by atoms with Crippen LogP contribution in [0.15, 0.2) is 10.3 Å². The first kappa shape index (κ1) is 16.9. The molecule has 1 aromatic heterocycles. The van der Waals surface area contributed by atoms with Crippen LogP contribution < -0.4 is 10.0 Å². The van der Waals surface area contributed by atoms with Crippen LogP contribution in [0.3, 0.4) is 0 Å². The topological polar surface area (TPSA) is 58.2 Å². The predicted molar refractivity (Wildman–Crippen MR) is 88.2 cm³/mol. The first-order valence-electron chi connectivity index (χ1n) is 7.71. The average molecular weight is 331 g/mol. The van der Waals surface area contributed by atoms with Gasteiger partial charge in [0.2, 0.25) is 10.0 Å². The molecule has 6 heteroatoms. The van der Waals surface area contributed by atoms with E-state index in [4.69, 9.17) is 0 Å². The fourth-order valence-electron chi connectivity index (χ4n) is 2.11. The summed E-state index contributed by atoms with van der Waals surface area (Å²) in [5.74, 6) is 0.610. The van der Waals surface area contributed by atoms with Crippen LogP contribution >= 0.6 is 11.3 Å². The highest BCUT2D eigenvalue weighted by Gasteiger charge is 2.22. The molecule has 0 amide bonds. The van der Waals surface area contributed by atoms with Crippen molar-refractivity contribution in [1.29, 1.82) is 0 Å². The van der Waals surface area contributed by atoms with E-state index >= 15 is 0 Å². The minimum absolute atomic E-state index is 0.442. The van der Waals surface area contributed by atoms with Gasteiger partial charge in [0.1, 0.15) is 4.21 Å². The second-order valence-electron chi connectivity index (χ2n) is 6.26. The number of sulfonamides is 1. The summed E-state index contributed by atoms with van der Waals surface area (Å²) in [6.07, 6.45) is 4.42. The number of nitrogens with one attached hydrogen (secondary N) is 2. The zero-order valence-corrected chi connectivity index (χ0v) is 14.7. The van der Waals surface area contributed by atoms with Crippen LogP contribution in [0.4, 0.5) is 0 Å². The molecule has 0 radical (unpaired) electrons. The summed E-state index contributed by atoms with van der Waals surface area (Å²) in [5.41, 5.74) is 1.07. The Morgan fingerprint density at radius 3 is 2.71 bits per heavy atom. The van der Waals surface area contributed by atoms with Gasteiger partial charge in [-0.3, -0.25) is 0 Å². The van der Waals surface area contributed by atoms with E-state index in [0.29, 0.717) is 22.7 Å². The van der Waals surface area contributed by atoms with Crippen LogP contribution in [-0.4, -0.2) is 21.0 Å². The van der Waals surface area contributed by atoms with Gasteiger partial charge in [0, 0.05) is 24.0 Å². The smallest absolute Gasteiger partial charge is 0.250 e. The lowest BCUT2D eigenvalue weighted by atomic mass is 10.1. The third-order valence-corrected chi connectivity index (χ3v) is 6.81. The summed E-state index contributed by atoms with van der Waals surface area (Å²) in [5, 5.41) is 3.44. The van der Waals surface area contributed by atoms with Crippen molar-refractivity contribution < 1.29 is 8.42 Å². The van der Waals surface area contributed by atoms with Crippen LogP contribution in [0.2, 0.25) is 0 Å². The van der Waals surface area contributed by atoms with Gasteiger partial charge >= 0.3 is 0 Å². The molecule has 2 N–H and O–H groups in total. The quantitative estimate of drug-likeness (QED) is 0.684. The molecule has 0 aliphatic heterocycles. The van der Waals surface area contributed by atoms with Gasteiger partial charge in [-0.2, -0.15) is 0 Å². The summed E-state index contributed by atoms with van der Waals surface area (Å²) in [6, 6.07) is 2.43. The monoisotopic (exact) mass is 330 g/mol. The third-order valence-electron chi connectivity index (χ3n) is 3.64. The van der Waals surface area contributed by atoms with Crippen LogP contribution in [-0.2, 0) is 16.6 Å². The normalized spacial score (nSPS) is 15.8. The summed E-state index contributed by atoms with van der Waals surface area (Å²) in [4.78, 5) is 1.13. The second-order valence-corrected chi connectivity index (χ2v) is 9.39. The Morgan fingerprint density at radius 2 is 2.10 bits per heavy atom. The Hall–Kier alpha value is -0.430. The minimum Gasteiger partial charge on any atom is -0.309 e. The molecule has 0 bridgehead atoms. The fourth-order valence-corrected chi connectivity index (χ4v) is 4.77. The lowest BCUT2D eigenvalue weighted by Crippen LogP contribution is -2.24. The molecule has 0 unspecified atom stereocenters. The van der Waals surface area contributed by atoms with Gasteiger partial charge in [0.05, 0.1) is 0 Å². The van der Waals surface area contributed by atoms with Crippen molar-refractivity contribution in [3.8, 4) is 0 Å². The maximum absolute atomic E-state index is 12.3. The molecule has 1 heterocycles. The highest BCUT2D eigenvalue weighted by Crippen LogP contribution is 2.27. The SMILES string of the molecule is Cc1cc(S(=O)(=O)NCCCC(C)C)sc1CNC1CC1. The van der Waals surface area contributed by atoms with Gasteiger partial charge in [-0.25, -0.2) is 13.1 Å². The molecule has 21 heavy (non-hydrogen) atoms. The maximum atomic E-state index is 12.3. The average Bonchev–Trinajstić information content (AvgIpc) is 3.15. The molecule has 2 rings (SSSR count). The molecule has 1 aromatic rings. The molecular weight excluding hydrogens is 304 g/mol. The first-order valence-corrected chi connectivity index (χ1v) is 10.0. The highest BCUT2D eigenvalue weighted by molar-refractivity contribution is 7.91. The Bertz CT molecular complexity index is 560. The lowest BCUT2D eigenvalue weighted by molar-refractivity contribution is 0.540. The zero-order chi connectivity index (χ0) is 15.5. The maximum Gasteiger partial charge on any atom is 0.250 e. The van der Waals surface area contributed by atoms with E-state index in [1.54, 1.807) is 6.07 Å². The third kappa shape index (κ3) is 5.36. The summed E-state index contributed by atoms with van der Waals surface area (Å²) < 4.78 is 27.7. The van der Waals surface area contributed by atoms with E-state index in [-0.39, 0.29) is 0 Å². The molecule has 0 atom stereocenters. The van der Waals surface area contributed by atoms with E-state index in [2.05, 4.69) is 23.9 Å². The molecule has 1 fully saturated rings. The van der Waals surface area contributed by atoms with E-state index < -0.39 is 10.0 Å². The molecule has 1 aliphatic rings. The summed E-state index contributed by atoms with van der Waals surface area (Å²) in [7, 11) is -3.34. The fraction of sp³-hybridized carbons (Fsp3) is 0.733. The van der Waals surface area contributed by atoms with Crippen molar-refractivity contribution in [2.45, 2.75) is 63.3 Å². The number of aryl methyl sites for hydroxylation is 1. The van der Waals surface area contributed by atoms with Gasteiger partial charge in [-0.1, -0.05) is 13.8 Å². The van der Waals surface area contributed by atoms with E-state index in [9.17, 15) is 8.42 Å². The molecule has 0 saturated heterocycles. The molecular formula is C15H26N2O2S2. The molecule has 1 aliphatic carbocycles. The predicted octanol–water partition coefficient (Wildman–Crippen LogP) is 3.02. The number of thiophene rings is 1. The van der Waals surface area contributed by atoms with E-state index in [1.807, 2.05) is 6.92 Å². The Labute approximate surface area is 132 Å². The minimum atomic E-state index is -3.34. The van der Waals surface area contributed by atoms with Gasteiger partial charge in [0.25, 0.3) is 0 Å². The second kappa shape index (κ2) is 7.22. The summed E-state index contributed by atoms with van der Waals surface area (Å²) in [6.45, 7) is 7.59. The largest absolute Gasteiger partial charge is 0.309 e.